The Morgan fingerprint density at radius 2 is 1.18 bits per heavy atom. The van der Waals surface area contributed by atoms with E-state index in [1.165, 1.54) is 0 Å². The van der Waals surface area contributed by atoms with E-state index in [-0.39, 0.29) is 13.2 Å². The molecule has 0 radical (unpaired) electrons. The smallest absolute Gasteiger partial charge is 0.0771 e. The second-order valence-corrected chi connectivity index (χ2v) is 2.60. The van der Waals surface area contributed by atoms with Crippen LogP contribution in [0.3, 0.4) is 0 Å². The van der Waals surface area contributed by atoms with Gasteiger partial charge in [-0.15, -0.1) is 0 Å². The van der Waals surface area contributed by atoms with E-state index in [1.54, 1.807) is 0 Å². The number of rotatable bonds is 6. The summed E-state index contributed by atoms with van der Waals surface area (Å²) in [5.41, 5.74) is 0. The van der Waals surface area contributed by atoms with Gasteiger partial charge in [0, 0.05) is 0 Å². The van der Waals surface area contributed by atoms with Crippen LogP contribution in [0, 0.1) is 0 Å². The monoisotopic (exact) mass is 164 g/mol. The van der Waals surface area contributed by atoms with Gasteiger partial charge in [-0.2, -0.15) is 0 Å². The van der Waals surface area contributed by atoms with Crippen molar-refractivity contribution in [2.24, 2.45) is 0 Å². The van der Waals surface area contributed by atoms with Gasteiger partial charge in [-0.3, -0.25) is 0 Å². The van der Waals surface area contributed by atoms with Crippen LogP contribution in [0.25, 0.3) is 0 Å². The first-order valence-corrected chi connectivity index (χ1v) is 3.78. The van der Waals surface area contributed by atoms with Crippen molar-refractivity contribution in [1.82, 2.24) is 0 Å². The van der Waals surface area contributed by atoms with Crippen molar-refractivity contribution in [2.75, 3.05) is 13.2 Å². The van der Waals surface area contributed by atoms with E-state index in [9.17, 15) is 0 Å². The van der Waals surface area contributed by atoms with E-state index in [2.05, 4.69) is 0 Å². The fourth-order valence-electron chi connectivity index (χ4n) is 0.772. The van der Waals surface area contributed by atoms with E-state index in [0.29, 0.717) is 19.3 Å². The molecular weight excluding hydrogens is 148 g/mol. The zero-order valence-electron chi connectivity index (χ0n) is 6.48. The van der Waals surface area contributed by atoms with Crippen molar-refractivity contribution >= 4 is 0 Å². The fourth-order valence-corrected chi connectivity index (χ4v) is 0.772. The van der Waals surface area contributed by atoms with Gasteiger partial charge in [-0.05, 0) is 19.3 Å². The highest BCUT2D eigenvalue weighted by molar-refractivity contribution is 4.57. The van der Waals surface area contributed by atoms with Crippen molar-refractivity contribution < 1.29 is 20.4 Å². The third kappa shape index (κ3) is 6.25. The van der Waals surface area contributed by atoms with Gasteiger partial charge >= 0.3 is 0 Å². The lowest BCUT2D eigenvalue weighted by Crippen LogP contribution is -2.15. The third-order valence-electron chi connectivity index (χ3n) is 1.50. The molecule has 0 saturated heterocycles. The molecule has 0 unspecified atom stereocenters. The molecule has 0 rings (SSSR count). The van der Waals surface area contributed by atoms with Gasteiger partial charge in [0.2, 0.25) is 0 Å². The summed E-state index contributed by atoms with van der Waals surface area (Å²) in [6.45, 7) is -0.482. The Balaban J connectivity index is 3.13. The number of hydrogen-bond acceptors (Lipinski definition) is 4. The molecule has 4 N–H and O–H groups in total. The Morgan fingerprint density at radius 3 is 1.45 bits per heavy atom. The van der Waals surface area contributed by atoms with Crippen molar-refractivity contribution in [1.29, 1.82) is 0 Å². The van der Waals surface area contributed by atoms with Crippen LogP contribution in [0.2, 0.25) is 0 Å². The molecule has 0 heterocycles. The fraction of sp³-hybridized carbons (Fsp3) is 1.00. The summed E-state index contributed by atoms with van der Waals surface area (Å²) < 4.78 is 0. The maximum atomic E-state index is 8.85. The van der Waals surface area contributed by atoms with Gasteiger partial charge in [0.1, 0.15) is 0 Å². The zero-order chi connectivity index (χ0) is 8.69. The maximum absolute atomic E-state index is 8.85. The van der Waals surface area contributed by atoms with E-state index < -0.39 is 12.2 Å². The molecule has 0 aliphatic rings. The largest absolute Gasteiger partial charge is 0.394 e. The normalized spacial score (nSPS) is 16.4. The molecule has 0 aliphatic carbocycles. The van der Waals surface area contributed by atoms with Gasteiger partial charge in [0.25, 0.3) is 0 Å². The van der Waals surface area contributed by atoms with E-state index in [4.69, 9.17) is 20.4 Å². The number of aliphatic hydroxyl groups is 4. The molecule has 0 aromatic heterocycles. The minimum atomic E-state index is -0.694. The Labute approximate surface area is 66.1 Å². The van der Waals surface area contributed by atoms with Crippen LogP contribution in [0.5, 0.6) is 0 Å². The molecule has 11 heavy (non-hydrogen) atoms. The molecule has 0 amide bonds. The van der Waals surface area contributed by atoms with Gasteiger partial charge in [-0.25, -0.2) is 0 Å². The number of aliphatic hydroxyl groups excluding tert-OH is 4. The van der Waals surface area contributed by atoms with Crippen LogP contribution >= 0.6 is 0 Å². The average Bonchev–Trinajstić information content (AvgIpc) is 2.04. The SMILES string of the molecule is OC[C@H](O)CCC[C@@H](O)CO. The predicted molar refractivity (Wildman–Crippen MR) is 40.0 cm³/mol. The van der Waals surface area contributed by atoms with Crippen LogP contribution in [-0.4, -0.2) is 45.8 Å². The summed E-state index contributed by atoms with van der Waals surface area (Å²) in [6, 6.07) is 0. The lowest BCUT2D eigenvalue weighted by atomic mass is 10.1. The van der Waals surface area contributed by atoms with Crippen molar-refractivity contribution in [2.45, 2.75) is 31.5 Å². The van der Waals surface area contributed by atoms with Crippen molar-refractivity contribution in [3.05, 3.63) is 0 Å². The highest BCUT2D eigenvalue weighted by Crippen LogP contribution is 2.03. The first kappa shape index (κ1) is 10.8. The zero-order valence-corrected chi connectivity index (χ0v) is 6.48. The van der Waals surface area contributed by atoms with Crippen LogP contribution in [0.1, 0.15) is 19.3 Å². The van der Waals surface area contributed by atoms with Crippen LogP contribution in [0.15, 0.2) is 0 Å². The summed E-state index contributed by atoms with van der Waals surface area (Å²) >= 11 is 0. The molecule has 68 valence electrons. The molecule has 0 aromatic carbocycles. The quantitative estimate of drug-likeness (QED) is 0.400. The summed E-state index contributed by atoms with van der Waals surface area (Å²) in [4.78, 5) is 0. The Kier molecular flexibility index (Phi) is 6.45. The molecule has 2 atom stereocenters. The predicted octanol–water partition coefficient (Wildman–Crippen LogP) is -1.14. The first-order valence-electron chi connectivity index (χ1n) is 3.78. The van der Waals surface area contributed by atoms with Gasteiger partial charge in [0.15, 0.2) is 0 Å². The van der Waals surface area contributed by atoms with Crippen LogP contribution in [0.4, 0.5) is 0 Å². The standard InChI is InChI=1S/C7H16O4/c8-4-6(10)2-1-3-7(11)5-9/h6-11H,1-5H2/t6-,7-/m1/s1. The Morgan fingerprint density at radius 1 is 0.818 bits per heavy atom. The summed E-state index contributed by atoms with van der Waals surface area (Å²) in [7, 11) is 0. The van der Waals surface area contributed by atoms with Gasteiger partial charge in [0.05, 0.1) is 25.4 Å². The molecule has 0 aliphatic heterocycles. The lowest BCUT2D eigenvalue weighted by Gasteiger charge is -2.08. The third-order valence-corrected chi connectivity index (χ3v) is 1.50. The highest BCUT2D eigenvalue weighted by Gasteiger charge is 2.04. The average molecular weight is 164 g/mol. The van der Waals surface area contributed by atoms with Crippen molar-refractivity contribution in [3.8, 4) is 0 Å². The molecular formula is C7H16O4. The maximum Gasteiger partial charge on any atom is 0.0771 e. The lowest BCUT2D eigenvalue weighted by molar-refractivity contribution is 0.0657. The molecule has 0 aromatic rings. The van der Waals surface area contributed by atoms with Gasteiger partial charge < -0.3 is 20.4 Å². The first-order chi connectivity index (χ1) is 5.20. The highest BCUT2D eigenvalue weighted by atomic mass is 16.3. The van der Waals surface area contributed by atoms with Gasteiger partial charge in [-0.1, -0.05) is 0 Å². The van der Waals surface area contributed by atoms with Crippen molar-refractivity contribution in [3.63, 3.8) is 0 Å². The second kappa shape index (κ2) is 6.54. The van der Waals surface area contributed by atoms with Crippen LogP contribution < -0.4 is 0 Å². The van der Waals surface area contributed by atoms with E-state index in [1.807, 2.05) is 0 Å². The Hall–Kier alpha value is -0.160. The molecule has 0 fully saturated rings. The summed E-state index contributed by atoms with van der Waals surface area (Å²) in [5, 5.41) is 34.5. The van der Waals surface area contributed by atoms with Crippen LogP contribution in [-0.2, 0) is 0 Å². The molecule has 4 heteroatoms. The van der Waals surface area contributed by atoms with E-state index in [0.717, 1.165) is 0 Å². The Bertz CT molecular complexity index is 76.5. The topological polar surface area (TPSA) is 80.9 Å². The molecule has 0 spiro atoms. The minimum absolute atomic E-state index is 0.241. The summed E-state index contributed by atoms with van der Waals surface area (Å²) in [6.07, 6.45) is 0.159. The molecule has 0 bridgehead atoms. The minimum Gasteiger partial charge on any atom is -0.394 e. The molecule has 4 nitrogen and oxygen atoms in total. The number of hydrogen-bond donors (Lipinski definition) is 4. The summed E-state index contributed by atoms with van der Waals surface area (Å²) in [5.74, 6) is 0. The second-order valence-electron chi connectivity index (χ2n) is 2.60. The van der Waals surface area contributed by atoms with E-state index >= 15 is 0 Å². The molecule has 0 saturated carbocycles.